The molecule has 0 aliphatic carbocycles. The molecule has 0 saturated carbocycles. The standard InChI is InChI=1S/C43H48N4O8/c1-45(2)44-26-35-23-40(54-42(48)46(27-31-11-7-15-36(19-31)50-3)28-32-12-8-16-37(20-32)51-4)25-41(24-35)55-43(49)47(29-33-13-9-17-38(21-33)52-5)30-34-14-10-18-39(22-34)53-6/h7-25,44H,26-30H2,1-6H3. The van der Waals surface area contributed by atoms with E-state index in [2.05, 4.69) is 5.43 Å². The first-order chi connectivity index (χ1) is 26.6. The Balaban J connectivity index is 1.43. The zero-order valence-corrected chi connectivity index (χ0v) is 32.1. The number of amides is 2. The predicted octanol–water partition coefficient (Wildman–Crippen LogP) is 7.69. The van der Waals surface area contributed by atoms with Crippen molar-refractivity contribution >= 4 is 12.2 Å². The third-order valence-electron chi connectivity index (χ3n) is 8.50. The number of carbonyl (C=O) groups excluding carboxylic acids is 2. The first-order valence-electron chi connectivity index (χ1n) is 17.6. The van der Waals surface area contributed by atoms with Gasteiger partial charge in [-0.2, -0.15) is 0 Å². The van der Waals surface area contributed by atoms with Gasteiger partial charge in [0.2, 0.25) is 0 Å². The van der Waals surface area contributed by atoms with Gasteiger partial charge in [0.1, 0.15) is 34.5 Å². The number of methoxy groups -OCH3 is 4. The number of carbonyl (C=O) groups is 2. The fourth-order valence-electron chi connectivity index (χ4n) is 5.77. The number of ether oxygens (including phenoxy) is 6. The second kappa shape index (κ2) is 19.7. The topological polar surface area (TPSA) is 111 Å². The lowest BCUT2D eigenvalue weighted by Crippen LogP contribution is -2.33. The van der Waals surface area contributed by atoms with Gasteiger partial charge in [-0.15, -0.1) is 0 Å². The molecular formula is C43H48N4O8. The van der Waals surface area contributed by atoms with E-state index < -0.39 is 12.2 Å². The fraction of sp³-hybridized carbons (Fsp3) is 0.256. The zero-order chi connectivity index (χ0) is 39.2. The van der Waals surface area contributed by atoms with Gasteiger partial charge in [0.05, 0.1) is 28.4 Å². The number of hydrazine groups is 1. The number of rotatable bonds is 17. The maximum Gasteiger partial charge on any atom is 0.415 e. The van der Waals surface area contributed by atoms with Crippen LogP contribution < -0.4 is 33.8 Å². The molecule has 0 saturated heterocycles. The van der Waals surface area contributed by atoms with E-state index in [-0.39, 0.29) is 37.7 Å². The smallest absolute Gasteiger partial charge is 0.415 e. The quantitative estimate of drug-likeness (QED) is 0.0951. The van der Waals surface area contributed by atoms with Crippen LogP contribution in [0, 0.1) is 0 Å². The van der Waals surface area contributed by atoms with E-state index in [1.165, 1.54) is 0 Å². The van der Waals surface area contributed by atoms with Crippen molar-refractivity contribution in [1.82, 2.24) is 20.2 Å². The lowest BCUT2D eigenvalue weighted by atomic mass is 10.1. The normalized spacial score (nSPS) is 10.7. The van der Waals surface area contributed by atoms with Gasteiger partial charge in [0.15, 0.2) is 0 Å². The lowest BCUT2D eigenvalue weighted by Gasteiger charge is -2.24. The maximum absolute atomic E-state index is 14.0. The molecule has 12 heteroatoms. The zero-order valence-electron chi connectivity index (χ0n) is 32.1. The number of hydrogen-bond acceptors (Lipinski definition) is 10. The first kappa shape index (κ1) is 40.0. The first-order valence-corrected chi connectivity index (χ1v) is 17.6. The molecule has 0 fully saturated rings. The molecule has 0 radical (unpaired) electrons. The Kier molecular flexibility index (Phi) is 14.3. The summed E-state index contributed by atoms with van der Waals surface area (Å²) in [5.41, 5.74) is 7.36. The van der Waals surface area contributed by atoms with Crippen LogP contribution in [0.4, 0.5) is 9.59 Å². The molecule has 55 heavy (non-hydrogen) atoms. The average Bonchev–Trinajstić information content (AvgIpc) is 3.19. The molecule has 288 valence electrons. The molecule has 0 aliphatic rings. The van der Waals surface area contributed by atoms with Crippen molar-refractivity contribution in [1.29, 1.82) is 0 Å². The minimum absolute atomic E-state index is 0.208. The molecule has 0 heterocycles. The van der Waals surface area contributed by atoms with Crippen LogP contribution in [0.3, 0.4) is 0 Å². The van der Waals surface area contributed by atoms with Gasteiger partial charge >= 0.3 is 12.2 Å². The van der Waals surface area contributed by atoms with E-state index >= 15 is 0 Å². The van der Waals surface area contributed by atoms with E-state index in [1.54, 1.807) is 61.4 Å². The molecule has 5 rings (SSSR count). The molecule has 0 aliphatic heterocycles. The third kappa shape index (κ3) is 12.1. The monoisotopic (exact) mass is 748 g/mol. The van der Waals surface area contributed by atoms with Crippen molar-refractivity contribution < 1.29 is 38.0 Å². The molecule has 0 bridgehead atoms. The van der Waals surface area contributed by atoms with Crippen LogP contribution >= 0.6 is 0 Å². The summed E-state index contributed by atoms with van der Waals surface area (Å²) < 4.78 is 33.8. The maximum atomic E-state index is 14.0. The summed E-state index contributed by atoms with van der Waals surface area (Å²) in [5, 5.41) is 1.80. The van der Waals surface area contributed by atoms with Gasteiger partial charge < -0.3 is 28.4 Å². The largest absolute Gasteiger partial charge is 0.497 e. The second-order valence-corrected chi connectivity index (χ2v) is 12.9. The lowest BCUT2D eigenvalue weighted by molar-refractivity contribution is 0.144. The molecule has 0 unspecified atom stereocenters. The fourth-order valence-corrected chi connectivity index (χ4v) is 5.77. The van der Waals surface area contributed by atoms with Gasteiger partial charge in [-0.3, -0.25) is 20.2 Å². The minimum Gasteiger partial charge on any atom is -0.497 e. The minimum atomic E-state index is -0.599. The van der Waals surface area contributed by atoms with Crippen LogP contribution in [0.5, 0.6) is 34.5 Å². The predicted molar refractivity (Wildman–Crippen MR) is 209 cm³/mol. The summed E-state index contributed by atoms with van der Waals surface area (Å²) in [7, 11) is 10.1. The van der Waals surface area contributed by atoms with Crippen LogP contribution in [0.2, 0.25) is 0 Å². The Morgan fingerprint density at radius 3 is 1.05 bits per heavy atom. The molecule has 0 aromatic heterocycles. The Hall–Kier alpha value is -6.24. The average molecular weight is 749 g/mol. The second-order valence-electron chi connectivity index (χ2n) is 12.9. The van der Waals surface area contributed by atoms with E-state index in [1.807, 2.05) is 111 Å². The summed E-state index contributed by atoms with van der Waals surface area (Å²) in [6, 6.07) is 35.1. The number of hydrogen-bond donors (Lipinski definition) is 1. The van der Waals surface area contributed by atoms with Crippen LogP contribution in [0.1, 0.15) is 27.8 Å². The highest BCUT2D eigenvalue weighted by Crippen LogP contribution is 2.27. The Bertz CT molecular complexity index is 1800. The highest BCUT2D eigenvalue weighted by molar-refractivity contribution is 5.73. The van der Waals surface area contributed by atoms with Crippen LogP contribution in [-0.2, 0) is 32.7 Å². The SMILES string of the molecule is COc1cccc(CN(Cc2cccc(OC)c2)C(=O)Oc2cc(CNN(C)C)cc(OC(=O)N(Cc3cccc(OC)c3)Cc3cccc(OC)c3)c2)c1. The Morgan fingerprint density at radius 2 is 0.764 bits per heavy atom. The highest BCUT2D eigenvalue weighted by Gasteiger charge is 2.22. The van der Waals surface area contributed by atoms with Crippen molar-refractivity contribution in [3.63, 3.8) is 0 Å². The molecule has 1 N–H and O–H groups in total. The molecule has 5 aromatic rings. The molecule has 2 amide bonds. The summed E-state index contributed by atoms with van der Waals surface area (Å²) in [5.74, 6) is 3.11. The van der Waals surface area contributed by atoms with E-state index in [0.29, 0.717) is 29.5 Å². The molecular weight excluding hydrogens is 700 g/mol. The molecule has 0 atom stereocenters. The molecule has 12 nitrogen and oxygen atoms in total. The number of nitrogens with one attached hydrogen (secondary N) is 1. The Morgan fingerprint density at radius 1 is 0.455 bits per heavy atom. The summed E-state index contributed by atoms with van der Waals surface area (Å²) in [6.07, 6.45) is -1.20. The van der Waals surface area contributed by atoms with Crippen molar-refractivity contribution in [2.24, 2.45) is 0 Å². The highest BCUT2D eigenvalue weighted by atomic mass is 16.6. The van der Waals surface area contributed by atoms with E-state index in [0.717, 1.165) is 27.8 Å². The van der Waals surface area contributed by atoms with Crippen molar-refractivity contribution in [2.45, 2.75) is 32.7 Å². The molecule has 5 aromatic carbocycles. The van der Waals surface area contributed by atoms with Gasteiger partial charge in [0.25, 0.3) is 0 Å². The summed E-state index contributed by atoms with van der Waals surface area (Å²) in [4.78, 5) is 31.3. The molecule has 0 spiro atoms. The Labute approximate surface area is 322 Å². The van der Waals surface area contributed by atoms with Crippen LogP contribution in [0.15, 0.2) is 115 Å². The van der Waals surface area contributed by atoms with Crippen molar-refractivity contribution in [3.8, 4) is 34.5 Å². The van der Waals surface area contributed by atoms with E-state index in [4.69, 9.17) is 28.4 Å². The van der Waals surface area contributed by atoms with E-state index in [9.17, 15) is 9.59 Å². The van der Waals surface area contributed by atoms with Gasteiger partial charge in [-0.05, 0) is 88.5 Å². The van der Waals surface area contributed by atoms with Gasteiger partial charge in [0, 0.05) is 52.9 Å². The number of nitrogens with zero attached hydrogens (tertiary/aromatic N) is 3. The summed E-state index contributed by atoms with van der Waals surface area (Å²) in [6.45, 7) is 1.32. The number of benzene rings is 5. The van der Waals surface area contributed by atoms with Crippen LogP contribution in [0.25, 0.3) is 0 Å². The van der Waals surface area contributed by atoms with Gasteiger partial charge in [-0.25, -0.2) is 9.59 Å². The third-order valence-corrected chi connectivity index (χ3v) is 8.50. The van der Waals surface area contributed by atoms with Gasteiger partial charge in [-0.1, -0.05) is 48.5 Å². The summed E-state index contributed by atoms with van der Waals surface area (Å²) >= 11 is 0. The van der Waals surface area contributed by atoms with Crippen molar-refractivity contribution in [2.75, 3.05) is 42.5 Å². The van der Waals surface area contributed by atoms with Crippen molar-refractivity contribution in [3.05, 3.63) is 143 Å². The van der Waals surface area contributed by atoms with Crippen LogP contribution in [-0.4, -0.2) is 69.5 Å².